The molecular formula is C29H45NO10. The molecule has 0 bridgehead atoms. The van der Waals surface area contributed by atoms with Gasteiger partial charge in [0.2, 0.25) is 0 Å². The van der Waals surface area contributed by atoms with E-state index >= 15 is 0 Å². The Bertz CT molecular complexity index is 964. The molecule has 1 N–H and O–H groups in total. The van der Waals surface area contributed by atoms with Crippen LogP contribution in [0.3, 0.4) is 0 Å². The highest BCUT2D eigenvalue weighted by atomic mass is 16.7. The highest BCUT2D eigenvalue weighted by Crippen LogP contribution is 2.30. The second-order valence-electron chi connectivity index (χ2n) is 10.2. The van der Waals surface area contributed by atoms with Crippen molar-refractivity contribution >= 4 is 24.2 Å². The molecule has 3 unspecified atom stereocenters. The van der Waals surface area contributed by atoms with E-state index < -0.39 is 30.4 Å². The molecule has 0 aliphatic carbocycles. The second kappa shape index (κ2) is 18.1. The molecule has 40 heavy (non-hydrogen) atoms. The van der Waals surface area contributed by atoms with Crippen LogP contribution in [-0.2, 0) is 35.0 Å². The van der Waals surface area contributed by atoms with Gasteiger partial charge in [0.1, 0.15) is 12.1 Å². The molecule has 0 amide bonds. The van der Waals surface area contributed by atoms with Gasteiger partial charge >= 0.3 is 24.2 Å². The Hall–Kier alpha value is -3.34. The van der Waals surface area contributed by atoms with Crippen molar-refractivity contribution in [2.45, 2.75) is 79.9 Å². The van der Waals surface area contributed by atoms with E-state index in [1.54, 1.807) is 26.8 Å². The Balaban J connectivity index is 3.08. The fourth-order valence-electron chi connectivity index (χ4n) is 3.04. The van der Waals surface area contributed by atoms with Crippen molar-refractivity contribution in [2.24, 2.45) is 17.8 Å². The average molecular weight is 568 g/mol. The van der Waals surface area contributed by atoms with Crippen LogP contribution in [0.2, 0.25) is 0 Å². The van der Waals surface area contributed by atoms with Gasteiger partial charge in [0.05, 0.1) is 26.2 Å². The number of hydrogen-bond donors (Lipinski definition) is 1. The molecule has 0 heterocycles. The molecule has 0 saturated heterocycles. The summed E-state index contributed by atoms with van der Waals surface area (Å²) in [5.74, 6) is -0.983. The lowest BCUT2D eigenvalue weighted by atomic mass is 10.0. The Kier molecular flexibility index (Phi) is 15.7. The van der Waals surface area contributed by atoms with Gasteiger partial charge in [-0.05, 0) is 42.9 Å². The third-order valence-corrected chi connectivity index (χ3v) is 6.13. The molecule has 1 aromatic carbocycles. The molecule has 4 atom stereocenters. The summed E-state index contributed by atoms with van der Waals surface area (Å²) in [5, 5.41) is 3.05. The molecule has 0 saturated carbocycles. The van der Waals surface area contributed by atoms with Gasteiger partial charge in [-0.1, -0.05) is 60.5 Å². The number of carbonyl (C=O) groups excluding carboxylic acids is 4. The maximum Gasteiger partial charge on any atom is 0.513 e. The molecule has 0 aromatic heterocycles. The molecule has 0 fully saturated rings. The average Bonchev–Trinajstić information content (AvgIpc) is 2.93. The maximum absolute atomic E-state index is 12.5. The zero-order chi connectivity index (χ0) is 30.2. The first-order valence-electron chi connectivity index (χ1n) is 13.7. The maximum atomic E-state index is 12.5. The van der Waals surface area contributed by atoms with E-state index in [0.717, 1.165) is 12.8 Å². The molecule has 1 rings (SSSR count). The van der Waals surface area contributed by atoms with Gasteiger partial charge in [0.15, 0.2) is 11.5 Å². The van der Waals surface area contributed by atoms with E-state index in [1.807, 2.05) is 27.7 Å². The minimum Gasteiger partial charge on any atom is -0.468 e. The lowest BCUT2D eigenvalue weighted by molar-refractivity contribution is -0.152. The molecule has 0 radical (unpaired) electrons. The van der Waals surface area contributed by atoms with E-state index in [-0.39, 0.29) is 61.4 Å². The summed E-state index contributed by atoms with van der Waals surface area (Å²) in [7, 11) is 1.27. The molecule has 226 valence electrons. The van der Waals surface area contributed by atoms with Gasteiger partial charge in [0, 0.05) is 6.54 Å². The lowest BCUT2D eigenvalue weighted by Gasteiger charge is -2.21. The van der Waals surface area contributed by atoms with E-state index in [2.05, 4.69) is 5.32 Å². The van der Waals surface area contributed by atoms with Crippen molar-refractivity contribution in [3.8, 4) is 11.5 Å². The first-order valence-corrected chi connectivity index (χ1v) is 13.7. The molecule has 0 aliphatic heterocycles. The zero-order valence-electron chi connectivity index (χ0n) is 24.9. The highest BCUT2D eigenvalue weighted by Gasteiger charge is 2.24. The Morgan fingerprint density at radius 3 is 1.85 bits per heavy atom. The number of esters is 2. The van der Waals surface area contributed by atoms with Crippen molar-refractivity contribution in [1.82, 2.24) is 5.32 Å². The zero-order valence-corrected chi connectivity index (χ0v) is 24.9. The number of benzene rings is 1. The van der Waals surface area contributed by atoms with Crippen LogP contribution in [0, 0.1) is 17.8 Å². The van der Waals surface area contributed by atoms with Crippen LogP contribution >= 0.6 is 0 Å². The number of ether oxygens (including phenoxy) is 6. The quantitative estimate of drug-likeness (QED) is 0.163. The topological polar surface area (TPSA) is 136 Å². The summed E-state index contributed by atoms with van der Waals surface area (Å²) < 4.78 is 31.3. The molecule has 0 spiro atoms. The van der Waals surface area contributed by atoms with Gasteiger partial charge < -0.3 is 33.7 Å². The second-order valence-corrected chi connectivity index (χ2v) is 10.2. The van der Waals surface area contributed by atoms with Gasteiger partial charge in [-0.15, -0.1) is 0 Å². The normalized spacial score (nSPS) is 13.9. The van der Waals surface area contributed by atoms with Gasteiger partial charge in [-0.3, -0.25) is 9.59 Å². The number of methoxy groups -OCH3 is 1. The number of hydrogen-bond acceptors (Lipinski definition) is 11. The summed E-state index contributed by atoms with van der Waals surface area (Å²) in [6.45, 7) is 13.5. The summed E-state index contributed by atoms with van der Waals surface area (Å²) >= 11 is 0. The first-order chi connectivity index (χ1) is 18.9. The van der Waals surface area contributed by atoms with Gasteiger partial charge in [-0.25, -0.2) is 9.59 Å². The van der Waals surface area contributed by atoms with Crippen molar-refractivity contribution in [2.75, 3.05) is 26.9 Å². The number of carbonyl (C=O) groups is 4. The van der Waals surface area contributed by atoms with Crippen molar-refractivity contribution < 1.29 is 47.6 Å². The summed E-state index contributed by atoms with van der Waals surface area (Å²) in [5.41, 5.74) is 0.569. The summed E-state index contributed by atoms with van der Waals surface area (Å²) in [6.07, 6.45) is -0.612. The monoisotopic (exact) mass is 567 g/mol. The Morgan fingerprint density at radius 2 is 1.35 bits per heavy atom. The van der Waals surface area contributed by atoms with Crippen molar-refractivity contribution in [3.63, 3.8) is 0 Å². The van der Waals surface area contributed by atoms with Gasteiger partial charge in [0.25, 0.3) is 0 Å². The highest BCUT2D eigenvalue weighted by molar-refractivity contribution is 5.76. The van der Waals surface area contributed by atoms with Crippen LogP contribution in [0.1, 0.15) is 66.9 Å². The fraction of sp³-hybridized carbons (Fsp3) is 0.655. The third-order valence-electron chi connectivity index (χ3n) is 6.13. The minimum atomic E-state index is -0.960. The molecular weight excluding hydrogens is 522 g/mol. The molecule has 0 aliphatic rings. The van der Waals surface area contributed by atoms with Crippen LogP contribution in [0.15, 0.2) is 18.2 Å². The number of rotatable bonds is 16. The van der Waals surface area contributed by atoms with Crippen LogP contribution in [0.25, 0.3) is 0 Å². The predicted molar refractivity (Wildman–Crippen MR) is 147 cm³/mol. The van der Waals surface area contributed by atoms with E-state index in [4.69, 9.17) is 28.4 Å². The Morgan fingerprint density at radius 1 is 0.800 bits per heavy atom. The molecule has 11 nitrogen and oxygen atoms in total. The van der Waals surface area contributed by atoms with Crippen molar-refractivity contribution in [3.05, 3.63) is 23.8 Å². The summed E-state index contributed by atoms with van der Waals surface area (Å²) in [4.78, 5) is 49.0. The first kappa shape index (κ1) is 34.7. The van der Waals surface area contributed by atoms with Crippen molar-refractivity contribution in [1.29, 1.82) is 0 Å². The smallest absolute Gasteiger partial charge is 0.468 e. The SMILES string of the molecule is CCC(C)COC(=O)Oc1ccc(C[C@H](NCC(C)OC(=O)C(C)C)C(=O)OC)cc1OC(=O)OCC(C)CC. The number of nitrogens with one attached hydrogen (secondary N) is 1. The summed E-state index contributed by atoms with van der Waals surface area (Å²) in [6, 6.07) is 3.73. The van der Waals surface area contributed by atoms with E-state index in [0.29, 0.717) is 5.56 Å². The fourth-order valence-corrected chi connectivity index (χ4v) is 3.04. The third kappa shape index (κ3) is 13.1. The molecule has 11 heteroatoms. The largest absolute Gasteiger partial charge is 0.513 e. The minimum absolute atomic E-state index is 0.0461. The Labute approximate surface area is 237 Å². The van der Waals surface area contributed by atoms with Gasteiger partial charge in [-0.2, -0.15) is 0 Å². The van der Waals surface area contributed by atoms with Crippen LogP contribution in [0.4, 0.5) is 9.59 Å². The lowest BCUT2D eigenvalue weighted by Crippen LogP contribution is -2.43. The van der Waals surface area contributed by atoms with E-state index in [1.165, 1.54) is 19.2 Å². The van der Waals surface area contributed by atoms with Crippen LogP contribution < -0.4 is 14.8 Å². The van der Waals surface area contributed by atoms with Crippen LogP contribution in [0.5, 0.6) is 11.5 Å². The standard InChI is InChI=1S/C29H45NO10/c1-9-19(5)16-36-28(33)39-24-12-11-22(14-25(24)40-29(34)37-17-20(6)10-2)13-23(27(32)35-8)30-15-21(7)38-26(31)18(3)4/h11-12,14,18-21,23,30H,9-10,13,15-17H2,1-8H3/t19?,20?,21?,23-/m0/s1. The predicted octanol–water partition coefficient (Wildman–Crippen LogP) is 5.07. The van der Waals surface area contributed by atoms with E-state index in [9.17, 15) is 19.2 Å². The van der Waals surface area contributed by atoms with Crippen LogP contribution in [-0.4, -0.2) is 63.3 Å². The molecule has 1 aromatic rings.